The molecule has 2 aromatic carbocycles. The van der Waals surface area contributed by atoms with Crippen molar-refractivity contribution in [3.05, 3.63) is 63.6 Å². The van der Waals surface area contributed by atoms with Crippen LogP contribution in [-0.2, 0) is 23.1 Å². The Balaban J connectivity index is 2.50. The molecule has 0 spiro atoms. The number of sulfonamides is 1. The van der Waals surface area contributed by atoms with Crippen molar-refractivity contribution in [3.8, 4) is 0 Å². The molecular formula is C18H22Cl2N2O2S. The van der Waals surface area contributed by atoms with Gasteiger partial charge in [-0.05, 0) is 44.2 Å². The quantitative estimate of drug-likeness (QED) is 0.752. The van der Waals surface area contributed by atoms with Gasteiger partial charge >= 0.3 is 0 Å². The van der Waals surface area contributed by atoms with Crippen LogP contribution in [0.15, 0.2) is 47.4 Å². The van der Waals surface area contributed by atoms with Gasteiger partial charge in [-0.1, -0.05) is 53.5 Å². The predicted octanol–water partition coefficient (Wildman–Crippen LogP) is 4.31. The average Bonchev–Trinajstić information content (AvgIpc) is 2.56. The van der Waals surface area contributed by atoms with E-state index in [1.807, 2.05) is 44.2 Å². The Labute approximate surface area is 159 Å². The van der Waals surface area contributed by atoms with Crippen molar-refractivity contribution in [3.63, 3.8) is 0 Å². The highest BCUT2D eigenvalue weighted by Gasteiger charge is 2.30. The monoisotopic (exact) mass is 400 g/mol. The second-order valence-electron chi connectivity index (χ2n) is 6.04. The molecule has 0 fully saturated rings. The van der Waals surface area contributed by atoms with Crippen LogP contribution in [0.5, 0.6) is 0 Å². The van der Waals surface area contributed by atoms with Gasteiger partial charge in [0.1, 0.15) is 4.90 Å². The van der Waals surface area contributed by atoms with E-state index in [0.29, 0.717) is 17.1 Å². The van der Waals surface area contributed by atoms with E-state index in [1.54, 1.807) is 13.1 Å². The van der Waals surface area contributed by atoms with Gasteiger partial charge in [-0.15, -0.1) is 0 Å². The summed E-state index contributed by atoms with van der Waals surface area (Å²) in [5, 5.41) is 3.52. The van der Waals surface area contributed by atoms with Crippen LogP contribution in [0.3, 0.4) is 0 Å². The van der Waals surface area contributed by atoms with Crippen molar-refractivity contribution < 1.29 is 8.42 Å². The summed E-state index contributed by atoms with van der Waals surface area (Å²) in [6.07, 6.45) is 0. The summed E-state index contributed by atoms with van der Waals surface area (Å²) in [6, 6.07) is 12.3. The maximum atomic E-state index is 13.3. The minimum atomic E-state index is -3.80. The van der Waals surface area contributed by atoms with Crippen LogP contribution < -0.4 is 5.32 Å². The van der Waals surface area contributed by atoms with Crippen molar-refractivity contribution in [1.82, 2.24) is 9.62 Å². The topological polar surface area (TPSA) is 49.4 Å². The number of hydrogen-bond acceptors (Lipinski definition) is 3. The molecule has 0 heterocycles. The molecule has 0 saturated heterocycles. The van der Waals surface area contributed by atoms with Crippen LogP contribution in [0.4, 0.5) is 0 Å². The Morgan fingerprint density at radius 2 is 1.76 bits per heavy atom. The molecule has 25 heavy (non-hydrogen) atoms. The zero-order valence-corrected chi connectivity index (χ0v) is 16.8. The molecule has 0 unspecified atom stereocenters. The Morgan fingerprint density at radius 3 is 2.32 bits per heavy atom. The maximum absolute atomic E-state index is 13.3. The summed E-state index contributed by atoms with van der Waals surface area (Å²) < 4.78 is 28.0. The summed E-state index contributed by atoms with van der Waals surface area (Å²) in [6.45, 7) is 4.38. The van der Waals surface area contributed by atoms with Gasteiger partial charge in [-0.3, -0.25) is 0 Å². The van der Waals surface area contributed by atoms with E-state index in [-0.39, 0.29) is 22.5 Å². The van der Waals surface area contributed by atoms with Gasteiger partial charge in [0.25, 0.3) is 0 Å². The van der Waals surface area contributed by atoms with Gasteiger partial charge in [-0.25, -0.2) is 8.42 Å². The molecular weight excluding hydrogens is 379 g/mol. The predicted molar refractivity (Wildman–Crippen MR) is 104 cm³/mol. The van der Waals surface area contributed by atoms with Crippen LogP contribution in [0.25, 0.3) is 0 Å². The first kappa shape index (κ1) is 20.2. The summed E-state index contributed by atoms with van der Waals surface area (Å²) in [5.74, 6) is 0. The molecule has 0 bridgehead atoms. The fraction of sp³-hybridized carbons (Fsp3) is 0.333. The molecule has 7 heteroatoms. The van der Waals surface area contributed by atoms with E-state index < -0.39 is 10.0 Å². The summed E-state index contributed by atoms with van der Waals surface area (Å²) in [5.41, 5.74) is 1.56. The van der Waals surface area contributed by atoms with E-state index >= 15 is 0 Å². The van der Waals surface area contributed by atoms with Crippen molar-refractivity contribution in [2.45, 2.75) is 37.9 Å². The number of halogens is 2. The lowest BCUT2D eigenvalue weighted by atomic mass is 10.2. The summed E-state index contributed by atoms with van der Waals surface area (Å²) in [7, 11) is -2.04. The van der Waals surface area contributed by atoms with E-state index in [9.17, 15) is 8.42 Å². The second kappa shape index (κ2) is 8.52. The third kappa shape index (κ3) is 4.74. The van der Waals surface area contributed by atoms with E-state index in [1.165, 1.54) is 10.4 Å². The molecule has 4 nitrogen and oxygen atoms in total. The largest absolute Gasteiger partial charge is 0.316 e. The molecule has 0 atom stereocenters. The first-order chi connectivity index (χ1) is 11.8. The smallest absolute Gasteiger partial charge is 0.245 e. The Morgan fingerprint density at radius 1 is 1.12 bits per heavy atom. The lowest BCUT2D eigenvalue weighted by Crippen LogP contribution is -2.36. The highest BCUT2D eigenvalue weighted by Crippen LogP contribution is 2.32. The van der Waals surface area contributed by atoms with Gasteiger partial charge in [0.2, 0.25) is 10.0 Å². The molecule has 2 rings (SSSR count). The molecule has 0 aliphatic heterocycles. The van der Waals surface area contributed by atoms with Gasteiger partial charge in [0, 0.05) is 24.2 Å². The van der Waals surface area contributed by atoms with E-state index in [0.717, 1.165) is 5.56 Å². The van der Waals surface area contributed by atoms with Crippen LogP contribution >= 0.6 is 23.2 Å². The number of nitrogens with one attached hydrogen (secondary N) is 1. The molecule has 0 amide bonds. The first-order valence-corrected chi connectivity index (χ1v) is 10.1. The van der Waals surface area contributed by atoms with Crippen molar-refractivity contribution >= 4 is 33.2 Å². The van der Waals surface area contributed by atoms with Crippen LogP contribution in [0.1, 0.15) is 25.0 Å². The number of nitrogens with zero attached hydrogens (tertiary/aromatic N) is 1. The lowest BCUT2D eigenvalue weighted by Gasteiger charge is -2.27. The van der Waals surface area contributed by atoms with Crippen LogP contribution in [0.2, 0.25) is 10.0 Å². The highest BCUT2D eigenvalue weighted by molar-refractivity contribution is 7.89. The Hall–Kier alpha value is -1.11. The van der Waals surface area contributed by atoms with Gasteiger partial charge in [-0.2, -0.15) is 4.31 Å². The third-order valence-corrected chi connectivity index (χ3v) is 6.61. The SMILES string of the molecule is CNCc1cc(Cl)cc(S(=O)(=O)N(Cc2ccccc2)C(C)C)c1Cl. The molecule has 0 aromatic heterocycles. The molecule has 0 saturated carbocycles. The van der Waals surface area contributed by atoms with E-state index in [2.05, 4.69) is 5.32 Å². The molecule has 0 aliphatic carbocycles. The zero-order valence-electron chi connectivity index (χ0n) is 14.5. The Bertz CT molecular complexity index is 824. The fourth-order valence-electron chi connectivity index (χ4n) is 2.56. The fourth-order valence-corrected chi connectivity index (χ4v) is 5.09. The number of benzene rings is 2. The number of rotatable bonds is 7. The first-order valence-electron chi connectivity index (χ1n) is 7.95. The van der Waals surface area contributed by atoms with Gasteiger partial charge < -0.3 is 5.32 Å². The molecule has 1 N–H and O–H groups in total. The minimum Gasteiger partial charge on any atom is -0.316 e. The third-order valence-electron chi connectivity index (χ3n) is 3.79. The molecule has 2 aromatic rings. The Kier molecular flexibility index (Phi) is 6.88. The van der Waals surface area contributed by atoms with Crippen LogP contribution in [-0.4, -0.2) is 25.8 Å². The van der Waals surface area contributed by atoms with Crippen molar-refractivity contribution in [2.24, 2.45) is 0 Å². The summed E-state index contributed by atoms with van der Waals surface area (Å²) in [4.78, 5) is 0.0385. The molecule has 136 valence electrons. The molecule has 0 radical (unpaired) electrons. The number of hydrogen-bond donors (Lipinski definition) is 1. The van der Waals surface area contributed by atoms with Crippen molar-refractivity contribution in [1.29, 1.82) is 0 Å². The van der Waals surface area contributed by atoms with Gasteiger partial charge in [0.05, 0.1) is 5.02 Å². The van der Waals surface area contributed by atoms with Crippen LogP contribution in [0, 0.1) is 0 Å². The summed E-state index contributed by atoms with van der Waals surface area (Å²) >= 11 is 12.5. The zero-order chi connectivity index (χ0) is 18.6. The lowest BCUT2D eigenvalue weighted by molar-refractivity contribution is 0.348. The average molecular weight is 401 g/mol. The maximum Gasteiger partial charge on any atom is 0.245 e. The standard InChI is InChI=1S/C18H22Cl2N2O2S/c1-13(2)22(12-14-7-5-4-6-8-14)25(23,24)17-10-16(19)9-15(11-21-3)18(17)20/h4-10,13,21H,11-12H2,1-3H3. The second-order valence-corrected chi connectivity index (χ2v) is 8.71. The highest BCUT2D eigenvalue weighted by atomic mass is 35.5. The minimum absolute atomic E-state index is 0.0385. The molecule has 0 aliphatic rings. The van der Waals surface area contributed by atoms with Crippen molar-refractivity contribution in [2.75, 3.05) is 7.05 Å². The van der Waals surface area contributed by atoms with Gasteiger partial charge in [0.15, 0.2) is 0 Å². The normalized spacial score (nSPS) is 12.1. The van der Waals surface area contributed by atoms with E-state index in [4.69, 9.17) is 23.2 Å².